The van der Waals surface area contributed by atoms with Gasteiger partial charge in [0, 0.05) is 6.54 Å². The molecule has 0 fully saturated rings. The van der Waals surface area contributed by atoms with Gasteiger partial charge in [-0.15, -0.1) is 4.98 Å². The van der Waals surface area contributed by atoms with Crippen molar-refractivity contribution in [1.82, 2.24) is 15.0 Å². The maximum atomic E-state index is 5.74. The minimum Gasteiger partial charge on any atom is -0.467 e. The van der Waals surface area contributed by atoms with E-state index in [1.165, 1.54) is 7.11 Å². The Labute approximate surface area is 118 Å². The van der Waals surface area contributed by atoms with Crippen molar-refractivity contribution in [2.75, 3.05) is 19.0 Å². The van der Waals surface area contributed by atoms with Gasteiger partial charge in [0.25, 0.3) is 0 Å². The predicted molar refractivity (Wildman–Crippen MR) is 76.5 cm³/mol. The summed E-state index contributed by atoms with van der Waals surface area (Å²) in [6.07, 6.45) is 0. The van der Waals surface area contributed by atoms with Crippen molar-refractivity contribution < 1.29 is 9.47 Å². The molecular weight excluding hydrogens is 256 g/mol. The van der Waals surface area contributed by atoms with Crippen molar-refractivity contribution in [2.45, 2.75) is 20.8 Å². The van der Waals surface area contributed by atoms with E-state index in [4.69, 9.17) is 9.47 Å². The van der Waals surface area contributed by atoms with Crippen LogP contribution in [0.3, 0.4) is 0 Å². The van der Waals surface area contributed by atoms with Crippen LogP contribution in [0.15, 0.2) is 18.2 Å². The first-order valence-corrected chi connectivity index (χ1v) is 6.41. The fourth-order valence-electron chi connectivity index (χ4n) is 1.63. The van der Waals surface area contributed by atoms with Crippen LogP contribution < -0.4 is 14.8 Å². The Morgan fingerprint density at radius 3 is 2.55 bits per heavy atom. The number of hydrogen-bond donors (Lipinski definition) is 1. The Kier molecular flexibility index (Phi) is 4.34. The fraction of sp³-hybridized carbons (Fsp3) is 0.357. The molecule has 1 N–H and O–H groups in total. The molecule has 0 aliphatic heterocycles. The predicted octanol–water partition coefficient (Wildman–Crippen LogP) is 2.72. The molecule has 2 rings (SSSR count). The molecule has 6 nitrogen and oxygen atoms in total. The smallest absolute Gasteiger partial charge is 0.330 e. The summed E-state index contributed by atoms with van der Waals surface area (Å²) >= 11 is 0. The minimum atomic E-state index is 0.210. The van der Waals surface area contributed by atoms with Crippen molar-refractivity contribution >= 4 is 5.95 Å². The Morgan fingerprint density at radius 1 is 1.10 bits per heavy atom. The highest BCUT2D eigenvalue weighted by Gasteiger charge is 2.10. The first kappa shape index (κ1) is 14.0. The average Bonchev–Trinajstić information content (AvgIpc) is 2.43. The van der Waals surface area contributed by atoms with Gasteiger partial charge in [0.1, 0.15) is 5.75 Å². The molecule has 1 aromatic carbocycles. The summed E-state index contributed by atoms with van der Waals surface area (Å²) < 4.78 is 10.8. The van der Waals surface area contributed by atoms with Crippen LogP contribution >= 0.6 is 0 Å². The van der Waals surface area contributed by atoms with Gasteiger partial charge >= 0.3 is 12.0 Å². The maximum absolute atomic E-state index is 5.74. The number of aromatic nitrogens is 3. The number of benzene rings is 1. The molecule has 20 heavy (non-hydrogen) atoms. The average molecular weight is 274 g/mol. The third-order valence-corrected chi connectivity index (χ3v) is 2.66. The minimum absolute atomic E-state index is 0.210. The van der Waals surface area contributed by atoms with Crippen LogP contribution in [0.5, 0.6) is 17.8 Å². The van der Waals surface area contributed by atoms with Crippen molar-refractivity contribution in [3.63, 3.8) is 0 Å². The van der Waals surface area contributed by atoms with Crippen LogP contribution in [0.1, 0.15) is 18.1 Å². The van der Waals surface area contributed by atoms with Gasteiger partial charge in [-0.25, -0.2) is 0 Å². The topological polar surface area (TPSA) is 69.2 Å². The highest BCUT2D eigenvalue weighted by atomic mass is 16.5. The van der Waals surface area contributed by atoms with Crippen LogP contribution in [0.25, 0.3) is 0 Å². The van der Waals surface area contributed by atoms with E-state index >= 15 is 0 Å². The van der Waals surface area contributed by atoms with Crippen LogP contribution in [0.4, 0.5) is 5.95 Å². The third-order valence-electron chi connectivity index (χ3n) is 2.66. The molecule has 6 heteroatoms. The number of rotatable bonds is 5. The van der Waals surface area contributed by atoms with E-state index in [9.17, 15) is 0 Å². The second-order valence-electron chi connectivity index (χ2n) is 4.33. The van der Waals surface area contributed by atoms with Gasteiger partial charge in [0.2, 0.25) is 5.95 Å². The summed E-state index contributed by atoms with van der Waals surface area (Å²) in [5, 5.41) is 3.01. The molecule has 106 valence electrons. The number of nitrogens with one attached hydrogen (secondary N) is 1. The van der Waals surface area contributed by atoms with Crippen molar-refractivity contribution in [2.24, 2.45) is 0 Å². The Bertz CT molecular complexity index is 602. The summed E-state index contributed by atoms with van der Waals surface area (Å²) in [5.74, 6) is 1.15. The van der Waals surface area contributed by atoms with E-state index in [2.05, 4.69) is 20.3 Å². The third kappa shape index (κ3) is 3.34. The second-order valence-corrected chi connectivity index (χ2v) is 4.33. The monoisotopic (exact) mass is 274 g/mol. The van der Waals surface area contributed by atoms with E-state index in [1.807, 2.05) is 39.0 Å². The van der Waals surface area contributed by atoms with Gasteiger partial charge in [-0.05, 0) is 38.0 Å². The molecule has 0 aliphatic carbocycles. The fourth-order valence-corrected chi connectivity index (χ4v) is 1.63. The van der Waals surface area contributed by atoms with Gasteiger partial charge in [-0.2, -0.15) is 9.97 Å². The highest BCUT2D eigenvalue weighted by molar-refractivity contribution is 5.38. The van der Waals surface area contributed by atoms with E-state index in [0.29, 0.717) is 12.5 Å². The number of nitrogens with zero attached hydrogens (tertiary/aromatic N) is 3. The molecule has 0 amide bonds. The number of anilines is 1. The van der Waals surface area contributed by atoms with Gasteiger partial charge in [-0.1, -0.05) is 12.1 Å². The molecule has 0 atom stereocenters. The summed E-state index contributed by atoms with van der Waals surface area (Å²) in [6, 6.07) is 6.39. The molecular formula is C14H18N4O2. The lowest BCUT2D eigenvalue weighted by molar-refractivity contribution is 0.359. The SMILES string of the molecule is CCNc1nc(OC)nc(Oc2cc(C)ccc2C)n1. The van der Waals surface area contributed by atoms with E-state index in [0.717, 1.165) is 16.9 Å². The zero-order valence-corrected chi connectivity index (χ0v) is 12.1. The molecule has 0 saturated carbocycles. The molecule has 0 unspecified atom stereocenters. The van der Waals surface area contributed by atoms with Crippen LogP contribution in [-0.4, -0.2) is 28.6 Å². The Hall–Kier alpha value is -2.37. The largest absolute Gasteiger partial charge is 0.467 e. The van der Waals surface area contributed by atoms with Gasteiger partial charge < -0.3 is 14.8 Å². The zero-order chi connectivity index (χ0) is 14.5. The summed E-state index contributed by atoms with van der Waals surface area (Å²) in [7, 11) is 1.51. The Balaban J connectivity index is 2.32. The summed E-state index contributed by atoms with van der Waals surface area (Å²) in [5.41, 5.74) is 2.12. The lowest BCUT2D eigenvalue weighted by Gasteiger charge is -2.10. The van der Waals surface area contributed by atoms with E-state index < -0.39 is 0 Å². The lowest BCUT2D eigenvalue weighted by atomic mass is 10.1. The summed E-state index contributed by atoms with van der Waals surface area (Å²) in [4.78, 5) is 12.4. The van der Waals surface area contributed by atoms with Crippen LogP contribution in [0, 0.1) is 13.8 Å². The molecule has 1 heterocycles. The number of hydrogen-bond acceptors (Lipinski definition) is 6. The van der Waals surface area contributed by atoms with E-state index in [-0.39, 0.29) is 12.0 Å². The highest BCUT2D eigenvalue weighted by Crippen LogP contribution is 2.25. The molecule has 2 aromatic rings. The first-order valence-electron chi connectivity index (χ1n) is 6.41. The number of ether oxygens (including phenoxy) is 2. The van der Waals surface area contributed by atoms with Crippen molar-refractivity contribution in [3.05, 3.63) is 29.3 Å². The lowest BCUT2D eigenvalue weighted by Crippen LogP contribution is -2.06. The first-order chi connectivity index (χ1) is 9.62. The quantitative estimate of drug-likeness (QED) is 0.904. The van der Waals surface area contributed by atoms with Gasteiger partial charge in [0.15, 0.2) is 0 Å². The maximum Gasteiger partial charge on any atom is 0.330 e. The van der Waals surface area contributed by atoms with Gasteiger partial charge in [-0.3, -0.25) is 0 Å². The second kappa shape index (κ2) is 6.18. The van der Waals surface area contributed by atoms with E-state index in [1.54, 1.807) is 0 Å². The summed E-state index contributed by atoms with van der Waals surface area (Å²) in [6.45, 7) is 6.64. The standard InChI is InChI=1S/C14H18N4O2/c1-5-15-12-16-13(19-4)18-14(17-12)20-11-8-9(2)6-7-10(11)3/h6-8H,5H2,1-4H3,(H,15,16,17,18). The Morgan fingerprint density at radius 2 is 1.85 bits per heavy atom. The van der Waals surface area contributed by atoms with Crippen LogP contribution in [-0.2, 0) is 0 Å². The van der Waals surface area contributed by atoms with Crippen molar-refractivity contribution in [1.29, 1.82) is 0 Å². The molecule has 0 spiro atoms. The van der Waals surface area contributed by atoms with Crippen molar-refractivity contribution in [3.8, 4) is 17.8 Å². The molecule has 0 aliphatic rings. The molecule has 0 saturated heterocycles. The number of aryl methyl sites for hydroxylation is 2. The van der Waals surface area contributed by atoms with Gasteiger partial charge in [0.05, 0.1) is 7.11 Å². The molecule has 1 aromatic heterocycles. The molecule has 0 radical (unpaired) electrons. The molecule has 0 bridgehead atoms. The van der Waals surface area contributed by atoms with Crippen LogP contribution in [0.2, 0.25) is 0 Å². The normalized spacial score (nSPS) is 10.2. The zero-order valence-electron chi connectivity index (χ0n) is 12.1. The number of methoxy groups -OCH3 is 1.